The SMILES string of the molecule is COC(=O)CNC(=O)c1nn(-c2cc(Cl)cc(Cl)c2)c2c1Cc1cc(OC)c(OC)cc1-2. The van der Waals surface area contributed by atoms with Crippen molar-refractivity contribution in [1.82, 2.24) is 15.1 Å². The van der Waals surface area contributed by atoms with E-state index in [1.54, 1.807) is 37.1 Å². The topological polar surface area (TPSA) is 91.7 Å². The number of carbonyl (C=O) groups excluding carboxylic acids is 2. The molecule has 1 aliphatic carbocycles. The first-order valence-corrected chi connectivity index (χ1v) is 10.3. The van der Waals surface area contributed by atoms with Crippen LogP contribution in [0.4, 0.5) is 0 Å². The molecule has 1 N–H and O–H groups in total. The average molecular weight is 476 g/mol. The van der Waals surface area contributed by atoms with Crippen LogP contribution in [0.2, 0.25) is 10.0 Å². The monoisotopic (exact) mass is 475 g/mol. The number of nitrogens with one attached hydrogen (secondary N) is 1. The zero-order valence-corrected chi connectivity index (χ0v) is 19.0. The first-order chi connectivity index (χ1) is 15.4. The van der Waals surface area contributed by atoms with E-state index in [0.29, 0.717) is 44.9 Å². The summed E-state index contributed by atoms with van der Waals surface area (Å²) >= 11 is 12.4. The molecule has 32 heavy (non-hydrogen) atoms. The minimum Gasteiger partial charge on any atom is -0.493 e. The van der Waals surface area contributed by atoms with Crippen LogP contribution >= 0.6 is 23.2 Å². The van der Waals surface area contributed by atoms with Gasteiger partial charge in [-0.05, 0) is 35.9 Å². The number of amides is 1. The minimum absolute atomic E-state index is 0.189. The fourth-order valence-electron chi connectivity index (χ4n) is 3.71. The normalized spacial score (nSPS) is 11.5. The van der Waals surface area contributed by atoms with Crippen molar-refractivity contribution in [3.05, 3.63) is 57.2 Å². The lowest BCUT2D eigenvalue weighted by atomic mass is 10.1. The number of nitrogens with zero attached hydrogens (tertiary/aromatic N) is 2. The highest BCUT2D eigenvalue weighted by Crippen LogP contribution is 2.45. The van der Waals surface area contributed by atoms with Crippen LogP contribution in [-0.2, 0) is 16.0 Å². The number of hydrogen-bond acceptors (Lipinski definition) is 6. The largest absolute Gasteiger partial charge is 0.493 e. The molecule has 10 heteroatoms. The number of esters is 1. The highest BCUT2D eigenvalue weighted by Gasteiger charge is 2.32. The summed E-state index contributed by atoms with van der Waals surface area (Å²) < 4.78 is 17.1. The Kier molecular flexibility index (Phi) is 5.99. The van der Waals surface area contributed by atoms with Gasteiger partial charge in [0.25, 0.3) is 5.91 Å². The average Bonchev–Trinajstić information content (AvgIpc) is 3.32. The lowest BCUT2D eigenvalue weighted by Gasteiger charge is -2.12. The summed E-state index contributed by atoms with van der Waals surface area (Å²) in [6.07, 6.45) is 0.445. The molecular formula is C22H19Cl2N3O5. The number of carbonyl (C=O) groups is 2. The van der Waals surface area contributed by atoms with E-state index in [9.17, 15) is 9.59 Å². The fourth-order valence-corrected chi connectivity index (χ4v) is 4.23. The van der Waals surface area contributed by atoms with Crippen LogP contribution in [0.5, 0.6) is 11.5 Å². The quantitative estimate of drug-likeness (QED) is 0.427. The summed E-state index contributed by atoms with van der Waals surface area (Å²) in [4.78, 5) is 24.4. The summed E-state index contributed by atoms with van der Waals surface area (Å²) in [6.45, 7) is -0.269. The highest BCUT2D eigenvalue weighted by atomic mass is 35.5. The van der Waals surface area contributed by atoms with E-state index in [1.165, 1.54) is 7.11 Å². The zero-order chi connectivity index (χ0) is 23.0. The third-order valence-electron chi connectivity index (χ3n) is 5.14. The van der Waals surface area contributed by atoms with Gasteiger partial charge in [0.05, 0.1) is 32.7 Å². The molecule has 1 aliphatic rings. The van der Waals surface area contributed by atoms with Crippen LogP contribution in [0.25, 0.3) is 16.9 Å². The Balaban J connectivity index is 1.88. The first kappa shape index (κ1) is 22.0. The Labute approximate surface area is 194 Å². The fraction of sp³-hybridized carbons (Fsp3) is 0.227. The summed E-state index contributed by atoms with van der Waals surface area (Å²) in [6, 6.07) is 8.74. The second-order valence-electron chi connectivity index (χ2n) is 7.02. The van der Waals surface area contributed by atoms with Crippen LogP contribution in [0.15, 0.2) is 30.3 Å². The number of benzene rings is 2. The van der Waals surface area contributed by atoms with Gasteiger partial charge in [0.15, 0.2) is 17.2 Å². The lowest BCUT2D eigenvalue weighted by Crippen LogP contribution is -2.31. The maximum atomic E-state index is 12.9. The van der Waals surface area contributed by atoms with Crippen LogP contribution in [0.3, 0.4) is 0 Å². The number of hydrogen-bond donors (Lipinski definition) is 1. The van der Waals surface area contributed by atoms with E-state index in [1.807, 2.05) is 12.1 Å². The molecule has 0 saturated heterocycles. The van der Waals surface area contributed by atoms with Crippen molar-refractivity contribution < 1.29 is 23.8 Å². The van der Waals surface area contributed by atoms with E-state index < -0.39 is 11.9 Å². The van der Waals surface area contributed by atoms with Crippen LogP contribution < -0.4 is 14.8 Å². The molecule has 3 aromatic rings. The molecule has 8 nitrogen and oxygen atoms in total. The van der Waals surface area contributed by atoms with Gasteiger partial charge >= 0.3 is 5.97 Å². The van der Waals surface area contributed by atoms with E-state index in [-0.39, 0.29) is 12.2 Å². The Bertz CT molecular complexity index is 1220. The van der Waals surface area contributed by atoms with Gasteiger partial charge in [0, 0.05) is 27.6 Å². The Morgan fingerprint density at radius 2 is 1.69 bits per heavy atom. The van der Waals surface area contributed by atoms with Crippen molar-refractivity contribution in [2.45, 2.75) is 6.42 Å². The molecule has 1 amide bonds. The molecule has 2 aromatic carbocycles. The van der Waals surface area contributed by atoms with Gasteiger partial charge in [-0.15, -0.1) is 0 Å². The van der Waals surface area contributed by atoms with Crippen molar-refractivity contribution in [2.75, 3.05) is 27.9 Å². The third kappa shape index (κ3) is 3.87. The van der Waals surface area contributed by atoms with Crippen LogP contribution in [0, 0.1) is 0 Å². The Morgan fingerprint density at radius 1 is 1.03 bits per heavy atom. The molecular weight excluding hydrogens is 457 g/mol. The molecule has 0 radical (unpaired) electrons. The van der Waals surface area contributed by atoms with Crippen molar-refractivity contribution in [1.29, 1.82) is 0 Å². The summed E-state index contributed by atoms with van der Waals surface area (Å²) in [7, 11) is 4.37. The van der Waals surface area contributed by atoms with E-state index in [4.69, 9.17) is 32.7 Å². The standard InChI is InChI=1S/C22H19Cl2N3O5/c1-30-17-5-11-4-16-20(22(29)25-10-19(28)32-3)26-27(14-7-12(23)6-13(24)8-14)21(16)15(11)9-18(17)31-2/h5-9H,4,10H2,1-3H3,(H,25,29). The van der Waals surface area contributed by atoms with Crippen molar-refractivity contribution in [2.24, 2.45) is 0 Å². The summed E-state index contributed by atoms with van der Waals surface area (Å²) in [5.74, 6) is 0.0742. The number of methoxy groups -OCH3 is 3. The number of halogens is 2. The third-order valence-corrected chi connectivity index (χ3v) is 5.58. The van der Waals surface area contributed by atoms with E-state index in [0.717, 1.165) is 11.1 Å². The molecule has 0 bridgehead atoms. The van der Waals surface area contributed by atoms with Gasteiger partial charge in [-0.3, -0.25) is 9.59 Å². The van der Waals surface area contributed by atoms with Gasteiger partial charge in [-0.2, -0.15) is 5.10 Å². The lowest BCUT2D eigenvalue weighted by molar-refractivity contribution is -0.139. The first-order valence-electron chi connectivity index (χ1n) is 9.55. The molecule has 1 aromatic heterocycles. The van der Waals surface area contributed by atoms with Gasteiger partial charge in [-0.25, -0.2) is 4.68 Å². The Hall–Kier alpha value is -3.23. The zero-order valence-electron chi connectivity index (χ0n) is 17.5. The molecule has 1 heterocycles. The molecule has 0 saturated carbocycles. The van der Waals surface area contributed by atoms with E-state index in [2.05, 4.69) is 15.2 Å². The molecule has 4 rings (SSSR count). The van der Waals surface area contributed by atoms with Gasteiger partial charge in [-0.1, -0.05) is 23.2 Å². The summed E-state index contributed by atoms with van der Waals surface area (Å²) in [5.41, 5.74) is 3.98. The molecule has 166 valence electrons. The van der Waals surface area contributed by atoms with Crippen LogP contribution in [-0.4, -0.2) is 49.5 Å². The predicted octanol–water partition coefficient (Wildman–Crippen LogP) is 3.67. The smallest absolute Gasteiger partial charge is 0.325 e. The number of fused-ring (bicyclic) bond motifs is 3. The highest BCUT2D eigenvalue weighted by molar-refractivity contribution is 6.34. The maximum Gasteiger partial charge on any atom is 0.325 e. The second-order valence-corrected chi connectivity index (χ2v) is 7.89. The number of ether oxygens (including phenoxy) is 3. The molecule has 0 spiro atoms. The van der Waals surface area contributed by atoms with Crippen molar-refractivity contribution in [3.63, 3.8) is 0 Å². The summed E-state index contributed by atoms with van der Waals surface area (Å²) in [5, 5.41) is 7.96. The minimum atomic E-state index is -0.561. The van der Waals surface area contributed by atoms with Crippen molar-refractivity contribution in [3.8, 4) is 28.4 Å². The number of rotatable bonds is 6. The molecule has 0 atom stereocenters. The predicted molar refractivity (Wildman–Crippen MR) is 119 cm³/mol. The molecule has 0 fully saturated rings. The van der Waals surface area contributed by atoms with Gasteiger partial charge < -0.3 is 19.5 Å². The second kappa shape index (κ2) is 8.72. The molecule has 0 unspecified atom stereocenters. The molecule has 0 aliphatic heterocycles. The maximum absolute atomic E-state index is 12.9. The number of aromatic nitrogens is 2. The Morgan fingerprint density at radius 3 is 2.31 bits per heavy atom. The van der Waals surface area contributed by atoms with Gasteiger partial charge in [0.2, 0.25) is 0 Å². The van der Waals surface area contributed by atoms with Crippen LogP contribution in [0.1, 0.15) is 21.6 Å². The van der Waals surface area contributed by atoms with Gasteiger partial charge in [0.1, 0.15) is 6.54 Å². The van der Waals surface area contributed by atoms with Crippen molar-refractivity contribution >= 4 is 35.1 Å². The van der Waals surface area contributed by atoms with E-state index >= 15 is 0 Å².